The fourth-order valence-corrected chi connectivity index (χ4v) is 9.68. The number of fused-ring (bicyclic) bond motifs is 5. The van der Waals surface area contributed by atoms with Gasteiger partial charge in [-0.2, -0.15) is 4.98 Å². The number of β-amino-alcohol motifs (C(OH)–C–C–N with tert-alkyl or cyclic N) is 1. The molecule has 2 fully saturated rings. The van der Waals surface area contributed by atoms with Crippen LogP contribution in [0.15, 0.2) is 82.9 Å². The lowest BCUT2D eigenvalue weighted by Crippen LogP contribution is -2.34. The van der Waals surface area contributed by atoms with Gasteiger partial charge in [0, 0.05) is 44.4 Å². The second-order valence-electron chi connectivity index (χ2n) is 17.6. The summed E-state index contributed by atoms with van der Waals surface area (Å²) in [5.74, 6) is 7.18. The standard InChI is InChI=1S/C26H31ClN6O.C13H14N2OS.C9H17NO2/c1-26(2)19-14-17(16-8-11-32(12-9-16)13-10-18(28)15-30-29)6-7-21(19)33-22-5-3-4-20(27)23(22)24(34)31-25(26)33;1-9(14-7-16)11-3-5-12(6-4-11)13-10(2)15-8-17-13;1-7(2)5-9(12)10-4-3-8(11)6-10/h3-7,14-16,30H,8-13,28-29H2,1-2H3;3-9H,1-2H3,(H,14,16);7-8,11H,3-6H2,1-2H3/b18-15-;;/t;9-;/m.0./s1. The van der Waals surface area contributed by atoms with E-state index < -0.39 is 0 Å². The maximum atomic E-state index is 12.8. The van der Waals surface area contributed by atoms with Crippen LogP contribution in [-0.4, -0.2) is 80.6 Å². The molecule has 0 bridgehead atoms. The summed E-state index contributed by atoms with van der Waals surface area (Å²) < 4.78 is 2.11. The van der Waals surface area contributed by atoms with E-state index in [1.807, 2.05) is 57.5 Å². The Morgan fingerprint density at radius 2 is 1.79 bits per heavy atom. The van der Waals surface area contributed by atoms with Crippen molar-refractivity contribution in [1.82, 2.24) is 35.1 Å². The molecule has 13 nitrogen and oxygen atoms in total. The number of likely N-dealkylation sites (tertiary alicyclic amines) is 2. The number of piperidine rings is 1. The highest BCUT2D eigenvalue weighted by atomic mass is 35.5. The molecule has 2 saturated heterocycles. The van der Waals surface area contributed by atoms with Crippen molar-refractivity contribution in [3.05, 3.63) is 122 Å². The highest BCUT2D eigenvalue weighted by molar-refractivity contribution is 7.13. The molecule has 2 aromatic heterocycles. The molecule has 7 N–H and O–H groups in total. The third-order valence-corrected chi connectivity index (χ3v) is 13.5. The fourth-order valence-electron chi connectivity index (χ4n) is 8.62. The van der Waals surface area contributed by atoms with Crippen LogP contribution in [0.2, 0.25) is 5.02 Å². The zero-order valence-corrected chi connectivity index (χ0v) is 38.8. The molecule has 2 atom stereocenters. The number of hydrazine groups is 1. The van der Waals surface area contributed by atoms with Gasteiger partial charge in [-0.25, -0.2) is 4.98 Å². The Labute approximate surface area is 379 Å². The predicted octanol–water partition coefficient (Wildman–Crippen LogP) is 7.06. The molecule has 3 aliphatic rings. The number of benzene rings is 3. The van der Waals surface area contributed by atoms with Gasteiger partial charge < -0.3 is 31.4 Å². The monoisotopic (exact) mass is 895 g/mol. The highest BCUT2D eigenvalue weighted by Gasteiger charge is 2.39. The molecule has 5 aromatic rings. The van der Waals surface area contributed by atoms with Crippen molar-refractivity contribution < 1.29 is 14.7 Å². The first kappa shape index (κ1) is 47.4. The van der Waals surface area contributed by atoms with Crippen molar-refractivity contribution >= 4 is 46.2 Å². The topological polar surface area (TPSA) is 185 Å². The first-order chi connectivity index (χ1) is 30.1. The average Bonchev–Trinajstić information content (AvgIpc) is 3.96. The Kier molecular flexibility index (Phi) is 15.8. The van der Waals surface area contributed by atoms with Crippen molar-refractivity contribution in [1.29, 1.82) is 0 Å². The second-order valence-corrected chi connectivity index (χ2v) is 18.9. The molecule has 0 saturated carbocycles. The molecule has 336 valence electrons. The summed E-state index contributed by atoms with van der Waals surface area (Å²) in [7, 11) is 0. The van der Waals surface area contributed by atoms with E-state index in [-0.39, 0.29) is 29.0 Å². The molecule has 0 radical (unpaired) electrons. The first-order valence-corrected chi connectivity index (χ1v) is 23.0. The maximum absolute atomic E-state index is 12.8. The van der Waals surface area contributed by atoms with Gasteiger partial charge in [0.2, 0.25) is 12.3 Å². The van der Waals surface area contributed by atoms with E-state index in [1.165, 1.54) is 21.6 Å². The number of aryl methyl sites for hydroxylation is 1. The molecule has 3 aliphatic heterocycles. The quantitative estimate of drug-likeness (QED) is 0.0523. The lowest BCUT2D eigenvalue weighted by Gasteiger charge is -2.32. The number of halogens is 1. The Morgan fingerprint density at radius 1 is 1.06 bits per heavy atom. The molecule has 5 heterocycles. The molecule has 8 rings (SSSR count). The van der Waals surface area contributed by atoms with E-state index >= 15 is 0 Å². The van der Waals surface area contributed by atoms with Crippen LogP contribution in [0, 0.1) is 12.8 Å². The number of carbonyl (C=O) groups excluding carboxylic acids is 2. The van der Waals surface area contributed by atoms with Crippen LogP contribution in [0.25, 0.3) is 27.0 Å². The third-order valence-electron chi connectivity index (χ3n) is 12.2. The predicted molar refractivity (Wildman–Crippen MR) is 254 cm³/mol. The normalized spacial score (nSPS) is 17.6. The van der Waals surface area contributed by atoms with Gasteiger partial charge in [-0.1, -0.05) is 67.9 Å². The Bertz CT molecular complexity index is 2460. The van der Waals surface area contributed by atoms with Crippen molar-refractivity contribution in [3.63, 3.8) is 0 Å². The number of aliphatic hydroxyl groups excluding tert-OH is 1. The minimum atomic E-state index is -0.372. The molecule has 0 spiro atoms. The smallest absolute Gasteiger partial charge is 0.282 e. The number of nitrogens with zero attached hydrogens (tertiary/aromatic N) is 5. The molecule has 3 aromatic carbocycles. The minimum absolute atomic E-state index is 0.0455. The molecule has 0 aliphatic carbocycles. The van der Waals surface area contributed by atoms with E-state index in [1.54, 1.807) is 28.5 Å². The lowest BCUT2D eigenvalue weighted by molar-refractivity contribution is -0.131. The van der Waals surface area contributed by atoms with Gasteiger partial charge in [0.15, 0.2) is 0 Å². The van der Waals surface area contributed by atoms with Crippen LogP contribution < -0.4 is 27.9 Å². The van der Waals surface area contributed by atoms with Crippen molar-refractivity contribution in [2.75, 3.05) is 32.7 Å². The Hall–Kier alpha value is -5.12. The third kappa shape index (κ3) is 11.2. The summed E-state index contributed by atoms with van der Waals surface area (Å²) in [5.41, 5.74) is 18.2. The molecule has 63 heavy (non-hydrogen) atoms. The molecule has 1 unspecified atom stereocenters. The molecule has 15 heteroatoms. The number of carbonyl (C=O) groups is 2. The number of amides is 2. The summed E-state index contributed by atoms with van der Waals surface area (Å²) in [4.78, 5) is 48.8. The van der Waals surface area contributed by atoms with Crippen LogP contribution in [0.4, 0.5) is 0 Å². The number of nitrogens with one attached hydrogen (secondary N) is 2. The maximum Gasteiger partial charge on any atom is 0.282 e. The van der Waals surface area contributed by atoms with E-state index in [9.17, 15) is 19.5 Å². The number of hydrogen-bond acceptors (Lipinski definition) is 11. The fraction of sp³-hybridized carbons (Fsp3) is 0.438. The highest BCUT2D eigenvalue weighted by Crippen LogP contribution is 2.45. The number of nitrogens with two attached hydrogens (primary N) is 2. The average molecular weight is 897 g/mol. The number of rotatable bonds is 11. The van der Waals surface area contributed by atoms with Crippen molar-refractivity contribution in [2.45, 2.75) is 97.1 Å². The zero-order valence-electron chi connectivity index (χ0n) is 37.2. The number of aromatic nitrogens is 3. The van der Waals surface area contributed by atoms with Gasteiger partial charge in [0.1, 0.15) is 5.82 Å². The van der Waals surface area contributed by atoms with Crippen molar-refractivity contribution in [3.8, 4) is 16.1 Å². The van der Waals surface area contributed by atoms with Gasteiger partial charge in [-0.15, -0.1) is 11.3 Å². The van der Waals surface area contributed by atoms with Crippen LogP contribution >= 0.6 is 22.9 Å². The Morgan fingerprint density at radius 3 is 2.41 bits per heavy atom. The summed E-state index contributed by atoms with van der Waals surface area (Å²) in [6.45, 7) is 16.6. The van der Waals surface area contributed by atoms with E-state index in [2.05, 4.69) is 74.4 Å². The second kappa shape index (κ2) is 21.0. The van der Waals surface area contributed by atoms with Crippen LogP contribution in [-0.2, 0) is 15.0 Å². The number of thiazole rings is 1. The summed E-state index contributed by atoms with van der Waals surface area (Å²) in [6, 6.07) is 20.6. The van der Waals surface area contributed by atoms with Crippen LogP contribution in [0.1, 0.15) is 107 Å². The number of aliphatic hydroxyl groups is 1. The molecular weight excluding hydrogens is 834 g/mol. The summed E-state index contributed by atoms with van der Waals surface area (Å²) in [5, 5.41) is 12.8. The van der Waals surface area contributed by atoms with Gasteiger partial charge in [-0.3, -0.25) is 24.8 Å². The Balaban J connectivity index is 0.000000188. The minimum Gasteiger partial charge on any atom is -0.401 e. The van der Waals surface area contributed by atoms with Gasteiger partial charge in [0.05, 0.1) is 55.3 Å². The summed E-state index contributed by atoms with van der Waals surface area (Å²) >= 11 is 8.02. The largest absolute Gasteiger partial charge is 0.401 e. The van der Waals surface area contributed by atoms with Crippen LogP contribution in [0.5, 0.6) is 0 Å². The van der Waals surface area contributed by atoms with E-state index in [0.717, 1.165) is 92.3 Å². The molecule has 2 amide bonds. The van der Waals surface area contributed by atoms with E-state index in [0.29, 0.717) is 35.2 Å². The lowest BCUT2D eigenvalue weighted by atomic mass is 9.81. The zero-order chi connectivity index (χ0) is 45.4. The van der Waals surface area contributed by atoms with Gasteiger partial charge in [0.25, 0.3) is 5.56 Å². The summed E-state index contributed by atoms with van der Waals surface area (Å²) in [6.07, 6.45) is 6.46. The first-order valence-electron chi connectivity index (χ1n) is 21.8. The number of hydrogen-bond donors (Lipinski definition) is 5. The van der Waals surface area contributed by atoms with Gasteiger partial charge >= 0.3 is 0 Å². The SMILES string of the molecule is CC(C)CC(=O)N1CCC(O)C1.CC1(C)c2cc(C3CCN(CC/C(N)=C/NN)CC3)ccc2-n2c1nc(=O)c1c(Cl)cccc12.Cc1ncsc1-c1ccc([C@H](C)NC=O)cc1. The molecular formula is C48H62ClN9O4S. The van der Waals surface area contributed by atoms with E-state index in [4.69, 9.17) is 23.2 Å². The van der Waals surface area contributed by atoms with Crippen LogP contribution in [0.3, 0.4) is 0 Å². The van der Waals surface area contributed by atoms with Gasteiger partial charge in [-0.05, 0) is 112 Å². The van der Waals surface area contributed by atoms with Crippen molar-refractivity contribution in [2.24, 2.45) is 17.5 Å².